The second-order valence-corrected chi connectivity index (χ2v) is 6.21. The molecule has 2 heterocycles. The molecule has 0 spiro atoms. The molecule has 0 radical (unpaired) electrons. The molecule has 0 aliphatic carbocycles. The standard InChI is InChI=1S/C19H29NO3/c1-12(2)7-14-11-20-6-5-13-8-18(22-3)19(23-4)9-15(13)16(20)10-17(14)21/h8-9,12,14,16-17,21H,5-7,10-11H2,1-4H3/i4D3,5D2,6D2,8D,11D2,16D. The lowest BCUT2D eigenvalue weighted by Gasteiger charge is -2.46. The molecule has 1 saturated heterocycles. The van der Waals surface area contributed by atoms with Crippen molar-refractivity contribution < 1.29 is 29.7 Å². The van der Waals surface area contributed by atoms with Crippen molar-refractivity contribution in [3.05, 3.63) is 23.2 Å². The molecule has 0 aromatic heterocycles. The van der Waals surface area contributed by atoms with Gasteiger partial charge in [0.15, 0.2) is 11.5 Å². The fraction of sp³-hybridized carbons (Fsp3) is 0.684. The number of piperidine rings is 1. The van der Waals surface area contributed by atoms with E-state index in [1.165, 1.54) is 0 Å². The number of hydrogen-bond acceptors (Lipinski definition) is 4. The number of benzene rings is 1. The number of nitrogens with zero attached hydrogens (tertiary/aromatic N) is 1. The third-order valence-corrected chi connectivity index (χ3v) is 4.08. The number of ether oxygens (including phenoxy) is 2. The van der Waals surface area contributed by atoms with Crippen molar-refractivity contribution in [3.63, 3.8) is 0 Å². The Morgan fingerprint density at radius 1 is 1.52 bits per heavy atom. The van der Waals surface area contributed by atoms with Crippen molar-refractivity contribution in [3.8, 4) is 11.5 Å². The van der Waals surface area contributed by atoms with Crippen molar-refractivity contribution in [2.24, 2.45) is 11.8 Å². The highest BCUT2D eigenvalue weighted by atomic mass is 16.5. The van der Waals surface area contributed by atoms with Crippen molar-refractivity contribution in [2.45, 2.75) is 45.2 Å². The van der Waals surface area contributed by atoms with Crippen LogP contribution in [-0.4, -0.2) is 43.3 Å². The molecular formula is C19H29NO3. The van der Waals surface area contributed by atoms with Gasteiger partial charge in [-0.1, -0.05) is 13.8 Å². The van der Waals surface area contributed by atoms with E-state index in [2.05, 4.69) is 0 Å². The van der Waals surface area contributed by atoms with Crippen LogP contribution in [0.15, 0.2) is 12.1 Å². The molecule has 4 nitrogen and oxygen atoms in total. The molecule has 3 atom stereocenters. The normalized spacial score (nSPS) is 44.8. The van der Waals surface area contributed by atoms with Crippen LogP contribution in [0.2, 0.25) is 0 Å². The van der Waals surface area contributed by atoms with Crippen LogP contribution in [-0.2, 0) is 6.37 Å². The largest absolute Gasteiger partial charge is 0.493 e. The minimum atomic E-state index is -3.12. The molecule has 2 aliphatic heterocycles. The monoisotopic (exact) mass is 330 g/mol. The Morgan fingerprint density at radius 2 is 2.35 bits per heavy atom. The fourth-order valence-corrected chi connectivity index (χ4v) is 2.99. The highest BCUT2D eigenvalue weighted by molar-refractivity contribution is 5.49. The van der Waals surface area contributed by atoms with Crippen LogP contribution in [0.25, 0.3) is 0 Å². The summed E-state index contributed by atoms with van der Waals surface area (Å²) in [6, 6.07) is -2.11. The third kappa shape index (κ3) is 3.20. The third-order valence-electron chi connectivity index (χ3n) is 4.08. The second kappa shape index (κ2) is 6.70. The second-order valence-electron chi connectivity index (χ2n) is 6.21. The summed E-state index contributed by atoms with van der Waals surface area (Å²) in [4.78, 5) is 0.486. The first-order valence-electron chi connectivity index (χ1n) is 13.1. The molecule has 128 valence electrons. The lowest BCUT2D eigenvalue weighted by molar-refractivity contribution is -0.0191. The summed E-state index contributed by atoms with van der Waals surface area (Å²) in [5.74, 6) is -2.14. The maximum Gasteiger partial charge on any atom is 0.161 e. The Balaban J connectivity index is 2.39. The average molecular weight is 331 g/mol. The van der Waals surface area contributed by atoms with Crippen LogP contribution in [0.1, 0.15) is 58.9 Å². The van der Waals surface area contributed by atoms with E-state index in [1.54, 1.807) is 0 Å². The molecule has 1 N–H and O–H groups in total. The molecule has 1 fully saturated rings. The number of methoxy groups -OCH3 is 2. The van der Waals surface area contributed by atoms with E-state index in [9.17, 15) is 6.48 Å². The molecule has 3 rings (SSSR count). The number of aliphatic hydroxyl groups is 1. The zero-order chi connectivity index (χ0) is 26.2. The van der Waals surface area contributed by atoms with Gasteiger partial charge in [-0.25, -0.2) is 0 Å². The van der Waals surface area contributed by atoms with Gasteiger partial charge < -0.3 is 14.6 Å². The van der Waals surface area contributed by atoms with Crippen LogP contribution in [0.4, 0.5) is 0 Å². The first-order chi connectivity index (χ1) is 15.2. The Morgan fingerprint density at radius 3 is 3.04 bits per heavy atom. The molecule has 1 aromatic carbocycles. The quantitative estimate of drug-likeness (QED) is 0.921. The average Bonchev–Trinajstić information content (AvgIpc) is 2.61. The highest BCUT2D eigenvalue weighted by Crippen LogP contribution is 2.43. The molecule has 2 aliphatic rings. The van der Waals surface area contributed by atoms with Crippen LogP contribution in [0.3, 0.4) is 0 Å². The minimum Gasteiger partial charge on any atom is -0.493 e. The lowest BCUT2D eigenvalue weighted by Crippen LogP contribution is -2.48. The summed E-state index contributed by atoms with van der Waals surface area (Å²) in [5, 5.41) is 10.9. The van der Waals surface area contributed by atoms with Gasteiger partial charge in [-0.3, -0.25) is 4.90 Å². The maximum absolute atomic E-state index is 10.9. The number of fused-ring (bicyclic) bond motifs is 3. The van der Waals surface area contributed by atoms with Gasteiger partial charge in [0.25, 0.3) is 0 Å². The highest BCUT2D eigenvalue weighted by Gasteiger charge is 2.38. The Kier molecular flexibility index (Phi) is 2.26. The first-order valence-corrected chi connectivity index (χ1v) is 7.63. The topological polar surface area (TPSA) is 41.9 Å². The Bertz CT molecular complexity index is 966. The molecule has 0 bridgehead atoms. The fourth-order valence-electron chi connectivity index (χ4n) is 2.99. The zero-order valence-electron chi connectivity index (χ0n) is 24.4. The van der Waals surface area contributed by atoms with Gasteiger partial charge in [-0.2, -0.15) is 0 Å². The predicted octanol–water partition coefficient (Wildman–Crippen LogP) is 3.03. The number of aliphatic hydroxyl groups excluding tert-OH is 1. The Hall–Kier alpha value is -1.26. The van der Waals surface area contributed by atoms with Crippen LogP contribution < -0.4 is 9.47 Å². The maximum atomic E-state index is 10.9. The van der Waals surface area contributed by atoms with E-state index < -0.39 is 74.0 Å². The van der Waals surface area contributed by atoms with E-state index in [0.29, 0.717) is 4.90 Å². The van der Waals surface area contributed by atoms with E-state index in [-0.39, 0.29) is 17.9 Å². The minimum absolute atomic E-state index is 0.0731. The van der Waals surface area contributed by atoms with E-state index in [0.717, 1.165) is 13.2 Å². The summed E-state index contributed by atoms with van der Waals surface area (Å²) in [7, 11) is -1.87. The summed E-state index contributed by atoms with van der Waals surface area (Å²) >= 11 is 0. The number of hydrogen-bond donors (Lipinski definition) is 1. The summed E-state index contributed by atoms with van der Waals surface area (Å²) in [6.07, 6.45) is -4.73. The van der Waals surface area contributed by atoms with Crippen molar-refractivity contribution in [1.82, 2.24) is 4.90 Å². The smallest absolute Gasteiger partial charge is 0.161 e. The van der Waals surface area contributed by atoms with Crippen molar-refractivity contribution in [2.75, 3.05) is 27.1 Å². The first kappa shape index (κ1) is 7.75. The SMILES string of the molecule is [2H]c1c(OC)c(OC([2H])([2H])[2H])cc2c1C([2H])([2H])C([2H])([2H])N1C2([2H])CC(O)C(CC(C)C)C1([2H])[2H]. The molecule has 3 unspecified atom stereocenters. The number of rotatable bonds is 4. The summed E-state index contributed by atoms with van der Waals surface area (Å²) in [6.45, 7) is -2.16. The van der Waals surface area contributed by atoms with E-state index in [1.807, 2.05) is 13.8 Å². The molecule has 0 amide bonds. The van der Waals surface area contributed by atoms with Gasteiger partial charge in [-0.05, 0) is 54.3 Å². The van der Waals surface area contributed by atoms with Crippen molar-refractivity contribution >= 4 is 0 Å². The molecule has 23 heavy (non-hydrogen) atoms. The lowest BCUT2D eigenvalue weighted by atomic mass is 9.79. The molecule has 4 heteroatoms. The van der Waals surface area contributed by atoms with Crippen LogP contribution >= 0.6 is 0 Å². The summed E-state index contributed by atoms with van der Waals surface area (Å²) in [5.41, 5.74) is -0.938. The van der Waals surface area contributed by atoms with E-state index >= 15 is 0 Å². The van der Waals surface area contributed by atoms with Gasteiger partial charge in [0.2, 0.25) is 0 Å². The van der Waals surface area contributed by atoms with Gasteiger partial charge in [0, 0.05) is 27.2 Å². The summed E-state index contributed by atoms with van der Waals surface area (Å²) < 4.78 is 102. The van der Waals surface area contributed by atoms with Gasteiger partial charge in [0.1, 0.15) is 0 Å². The molecule has 1 aromatic rings. The zero-order valence-corrected chi connectivity index (χ0v) is 13.4. The van der Waals surface area contributed by atoms with E-state index in [4.69, 9.17) is 23.2 Å². The predicted molar refractivity (Wildman–Crippen MR) is 91.1 cm³/mol. The van der Waals surface area contributed by atoms with Crippen molar-refractivity contribution in [1.29, 1.82) is 0 Å². The van der Waals surface area contributed by atoms with Crippen LogP contribution in [0, 0.1) is 11.8 Å². The van der Waals surface area contributed by atoms with Gasteiger partial charge >= 0.3 is 0 Å². The Labute approximate surface area is 154 Å². The van der Waals surface area contributed by atoms with Gasteiger partial charge in [0.05, 0.1) is 27.1 Å². The van der Waals surface area contributed by atoms with Gasteiger partial charge in [-0.15, -0.1) is 0 Å². The molecule has 0 saturated carbocycles. The van der Waals surface area contributed by atoms with Crippen LogP contribution in [0.5, 0.6) is 11.5 Å². The molecular weight excluding hydrogens is 290 g/mol.